The Bertz CT molecular complexity index is 722. The molecule has 1 N–H and O–H groups in total. The average Bonchev–Trinajstić information content (AvgIpc) is 3.34. The Morgan fingerprint density at radius 1 is 1.13 bits per heavy atom. The maximum absolute atomic E-state index is 13.6. The molecule has 1 fully saturated rings. The van der Waals surface area contributed by atoms with E-state index in [-0.39, 0.29) is 12.7 Å². The number of aliphatic hydroxyl groups excluding tert-OH is 1. The average molecular weight is 318 g/mol. The third-order valence-electron chi connectivity index (χ3n) is 4.01. The lowest BCUT2D eigenvalue weighted by Gasteiger charge is -2.18. The van der Waals surface area contributed by atoms with Gasteiger partial charge in [-0.2, -0.15) is 0 Å². The number of hydrogen-bond donors (Lipinski definition) is 1. The van der Waals surface area contributed by atoms with Gasteiger partial charge in [0.05, 0.1) is 12.7 Å². The molecule has 23 heavy (non-hydrogen) atoms. The predicted molar refractivity (Wildman–Crippen MR) is 85.5 cm³/mol. The van der Waals surface area contributed by atoms with Gasteiger partial charge in [0.2, 0.25) is 0 Å². The molecule has 0 aromatic heterocycles. The first-order valence-corrected chi connectivity index (χ1v) is 7.89. The number of rotatable bonds is 5. The van der Waals surface area contributed by atoms with Crippen molar-refractivity contribution in [1.29, 1.82) is 0 Å². The summed E-state index contributed by atoms with van der Waals surface area (Å²) in [6.45, 7) is 3.71. The van der Waals surface area contributed by atoms with Gasteiger partial charge in [-0.1, -0.05) is 6.07 Å². The lowest BCUT2D eigenvalue weighted by Crippen LogP contribution is -2.08. The predicted octanol–water partition coefficient (Wildman–Crippen LogP) is 4.79. The van der Waals surface area contributed by atoms with E-state index in [0.29, 0.717) is 17.2 Å². The SMILES string of the molecule is CC(C)Oc1cc(-c2ccc(F)c(F)c2)c(C2CC2)cc1CO. The van der Waals surface area contributed by atoms with Crippen LogP contribution in [0.2, 0.25) is 0 Å². The van der Waals surface area contributed by atoms with Crippen molar-refractivity contribution in [2.75, 3.05) is 0 Å². The van der Waals surface area contributed by atoms with E-state index in [9.17, 15) is 13.9 Å². The Balaban J connectivity index is 2.14. The monoisotopic (exact) mass is 318 g/mol. The molecular formula is C19H20F2O2. The first-order valence-electron chi connectivity index (χ1n) is 7.89. The van der Waals surface area contributed by atoms with Crippen molar-refractivity contribution in [2.24, 2.45) is 0 Å². The number of aliphatic hydroxyl groups is 1. The minimum atomic E-state index is -0.859. The second kappa shape index (κ2) is 6.28. The van der Waals surface area contributed by atoms with Gasteiger partial charge in [-0.25, -0.2) is 8.78 Å². The van der Waals surface area contributed by atoms with Gasteiger partial charge in [-0.05, 0) is 73.6 Å². The number of halogens is 2. The van der Waals surface area contributed by atoms with Gasteiger partial charge in [0.1, 0.15) is 5.75 Å². The van der Waals surface area contributed by atoms with Crippen LogP contribution in [0.3, 0.4) is 0 Å². The van der Waals surface area contributed by atoms with Gasteiger partial charge in [-0.15, -0.1) is 0 Å². The Kier molecular flexibility index (Phi) is 4.35. The van der Waals surface area contributed by atoms with Crippen LogP contribution in [-0.4, -0.2) is 11.2 Å². The molecule has 0 atom stereocenters. The van der Waals surface area contributed by atoms with E-state index < -0.39 is 11.6 Å². The molecule has 3 rings (SSSR count). The van der Waals surface area contributed by atoms with Gasteiger partial charge in [0, 0.05) is 5.56 Å². The maximum Gasteiger partial charge on any atom is 0.159 e. The lowest BCUT2D eigenvalue weighted by molar-refractivity contribution is 0.225. The topological polar surface area (TPSA) is 29.5 Å². The van der Waals surface area contributed by atoms with Crippen molar-refractivity contribution in [3.05, 3.63) is 53.1 Å². The summed E-state index contributed by atoms with van der Waals surface area (Å²) < 4.78 is 32.6. The Morgan fingerprint density at radius 3 is 2.43 bits per heavy atom. The molecule has 2 aromatic rings. The second-order valence-electron chi connectivity index (χ2n) is 6.28. The summed E-state index contributed by atoms with van der Waals surface area (Å²) >= 11 is 0. The Labute approximate surface area is 134 Å². The van der Waals surface area contributed by atoms with Crippen molar-refractivity contribution in [1.82, 2.24) is 0 Å². The minimum Gasteiger partial charge on any atom is -0.491 e. The first kappa shape index (κ1) is 15.9. The fourth-order valence-corrected chi connectivity index (χ4v) is 2.78. The maximum atomic E-state index is 13.6. The van der Waals surface area contributed by atoms with Crippen LogP contribution in [0.5, 0.6) is 5.75 Å². The number of benzene rings is 2. The van der Waals surface area contributed by atoms with E-state index in [1.807, 2.05) is 26.0 Å². The Morgan fingerprint density at radius 2 is 1.87 bits per heavy atom. The van der Waals surface area contributed by atoms with Gasteiger partial charge in [0.25, 0.3) is 0 Å². The summed E-state index contributed by atoms with van der Waals surface area (Å²) in [5.74, 6) is -0.711. The minimum absolute atomic E-state index is 0.0371. The van der Waals surface area contributed by atoms with E-state index in [1.165, 1.54) is 6.07 Å². The van der Waals surface area contributed by atoms with E-state index in [1.54, 1.807) is 6.07 Å². The van der Waals surface area contributed by atoms with Crippen molar-refractivity contribution in [3.63, 3.8) is 0 Å². The summed E-state index contributed by atoms with van der Waals surface area (Å²) in [5.41, 5.74) is 3.27. The van der Waals surface area contributed by atoms with Crippen molar-refractivity contribution in [3.8, 4) is 16.9 Å². The van der Waals surface area contributed by atoms with Crippen LogP contribution in [0.15, 0.2) is 30.3 Å². The first-order chi connectivity index (χ1) is 11.0. The van der Waals surface area contributed by atoms with Gasteiger partial charge < -0.3 is 9.84 Å². The van der Waals surface area contributed by atoms with Crippen LogP contribution in [0, 0.1) is 11.6 Å². The van der Waals surface area contributed by atoms with Crippen molar-refractivity contribution < 1.29 is 18.6 Å². The van der Waals surface area contributed by atoms with E-state index in [0.717, 1.165) is 35.6 Å². The molecule has 122 valence electrons. The molecule has 0 saturated heterocycles. The zero-order valence-electron chi connectivity index (χ0n) is 13.3. The molecule has 0 spiro atoms. The van der Waals surface area contributed by atoms with Crippen molar-refractivity contribution in [2.45, 2.75) is 45.3 Å². The van der Waals surface area contributed by atoms with Crippen LogP contribution < -0.4 is 4.74 Å². The highest BCUT2D eigenvalue weighted by molar-refractivity contribution is 5.71. The van der Waals surface area contributed by atoms with Gasteiger partial charge in [0.15, 0.2) is 11.6 Å². The van der Waals surface area contributed by atoms with Crippen molar-refractivity contribution >= 4 is 0 Å². The zero-order valence-corrected chi connectivity index (χ0v) is 13.3. The van der Waals surface area contributed by atoms with Gasteiger partial charge >= 0.3 is 0 Å². The summed E-state index contributed by atoms with van der Waals surface area (Å²) in [7, 11) is 0. The summed E-state index contributed by atoms with van der Waals surface area (Å²) in [4.78, 5) is 0. The molecule has 0 radical (unpaired) electrons. The zero-order chi connectivity index (χ0) is 16.6. The van der Waals surface area contributed by atoms with Crippen LogP contribution in [0.4, 0.5) is 8.78 Å². The standard InChI is InChI=1S/C19H20F2O2/c1-11(2)23-19-9-16(13-5-6-17(20)18(21)8-13)15(12-3-4-12)7-14(19)10-22/h5-9,11-12,22H,3-4,10H2,1-2H3. The summed E-state index contributed by atoms with van der Waals surface area (Å²) in [5, 5.41) is 9.61. The highest BCUT2D eigenvalue weighted by Crippen LogP contribution is 2.46. The third-order valence-corrected chi connectivity index (χ3v) is 4.01. The highest BCUT2D eigenvalue weighted by Gasteiger charge is 2.28. The largest absolute Gasteiger partial charge is 0.491 e. The second-order valence-corrected chi connectivity index (χ2v) is 6.28. The van der Waals surface area contributed by atoms with Gasteiger partial charge in [-0.3, -0.25) is 0 Å². The lowest BCUT2D eigenvalue weighted by atomic mass is 9.94. The summed E-state index contributed by atoms with van der Waals surface area (Å²) in [6, 6.07) is 7.72. The molecule has 0 aliphatic heterocycles. The van der Waals surface area contributed by atoms with E-state index >= 15 is 0 Å². The summed E-state index contributed by atoms with van der Waals surface area (Å²) in [6.07, 6.45) is 2.11. The number of ether oxygens (including phenoxy) is 1. The molecule has 2 nitrogen and oxygen atoms in total. The molecule has 1 aliphatic rings. The normalized spacial score (nSPS) is 14.3. The molecule has 0 amide bonds. The third kappa shape index (κ3) is 3.37. The fraction of sp³-hybridized carbons (Fsp3) is 0.368. The van der Waals surface area contributed by atoms with Crippen LogP contribution in [0.1, 0.15) is 43.7 Å². The smallest absolute Gasteiger partial charge is 0.159 e. The molecule has 1 saturated carbocycles. The molecule has 0 bridgehead atoms. The Hall–Kier alpha value is -1.94. The van der Waals surface area contributed by atoms with Crippen LogP contribution in [-0.2, 0) is 6.61 Å². The quantitative estimate of drug-likeness (QED) is 0.859. The molecule has 2 aromatic carbocycles. The van der Waals surface area contributed by atoms with Crippen LogP contribution >= 0.6 is 0 Å². The fourth-order valence-electron chi connectivity index (χ4n) is 2.78. The highest BCUT2D eigenvalue weighted by atomic mass is 19.2. The number of hydrogen-bond acceptors (Lipinski definition) is 2. The van der Waals surface area contributed by atoms with Crippen LogP contribution in [0.25, 0.3) is 11.1 Å². The molecule has 0 heterocycles. The molecule has 0 unspecified atom stereocenters. The molecule has 1 aliphatic carbocycles. The van der Waals surface area contributed by atoms with E-state index in [4.69, 9.17) is 4.74 Å². The van der Waals surface area contributed by atoms with E-state index in [2.05, 4.69) is 0 Å². The molecule has 4 heteroatoms. The molecular weight excluding hydrogens is 298 g/mol.